The summed E-state index contributed by atoms with van der Waals surface area (Å²) < 4.78 is 5.57. The third kappa shape index (κ3) is 11.6. The van der Waals surface area contributed by atoms with Crippen LogP contribution in [0.5, 0.6) is 0 Å². The van der Waals surface area contributed by atoms with E-state index in [1.165, 1.54) is 0 Å². The Labute approximate surface area is 106 Å². The molecule has 1 amide bonds. The summed E-state index contributed by atoms with van der Waals surface area (Å²) in [6.45, 7) is 13.7. The van der Waals surface area contributed by atoms with Crippen LogP contribution in [0.1, 0.15) is 48.0 Å². The molecule has 0 atom stereocenters. The first kappa shape index (κ1) is 18.7. The van der Waals surface area contributed by atoms with Crippen molar-refractivity contribution < 1.29 is 9.53 Å². The molecule has 4 N–H and O–H groups in total. The minimum absolute atomic E-state index is 0.0111. The van der Waals surface area contributed by atoms with Crippen molar-refractivity contribution in [2.75, 3.05) is 19.8 Å². The SMILES string of the molecule is CC.CC(C)(CN)COCC(C)(C)CC(N)=O. The minimum atomic E-state index is -0.290. The lowest BCUT2D eigenvalue weighted by Gasteiger charge is -2.27. The van der Waals surface area contributed by atoms with E-state index in [-0.39, 0.29) is 16.7 Å². The van der Waals surface area contributed by atoms with Gasteiger partial charge < -0.3 is 16.2 Å². The Balaban J connectivity index is 0. The fourth-order valence-electron chi connectivity index (χ4n) is 1.19. The molecule has 0 heterocycles. The lowest BCUT2D eigenvalue weighted by molar-refractivity contribution is -0.121. The monoisotopic (exact) mass is 246 g/mol. The van der Waals surface area contributed by atoms with Gasteiger partial charge in [-0.3, -0.25) is 4.79 Å². The van der Waals surface area contributed by atoms with Gasteiger partial charge in [0.05, 0.1) is 13.2 Å². The fourth-order valence-corrected chi connectivity index (χ4v) is 1.19. The molecular formula is C13H30N2O2. The predicted octanol–water partition coefficient (Wildman–Crippen LogP) is 1.92. The highest BCUT2D eigenvalue weighted by atomic mass is 16.5. The molecule has 0 aliphatic carbocycles. The normalized spacial score (nSPS) is 11.7. The highest BCUT2D eigenvalue weighted by Gasteiger charge is 2.23. The van der Waals surface area contributed by atoms with E-state index in [1.54, 1.807) is 0 Å². The standard InChI is InChI=1S/C11H24N2O2.C2H6/c1-10(2,5-9(13)14)7-15-8-11(3,4)6-12;1-2/h5-8,12H2,1-4H3,(H2,13,14);1-2H3. The topological polar surface area (TPSA) is 78.3 Å². The van der Waals surface area contributed by atoms with Crippen molar-refractivity contribution in [3.8, 4) is 0 Å². The first-order valence-electron chi connectivity index (χ1n) is 6.25. The van der Waals surface area contributed by atoms with Gasteiger partial charge in [0.25, 0.3) is 0 Å². The molecule has 0 aromatic heterocycles. The van der Waals surface area contributed by atoms with Gasteiger partial charge >= 0.3 is 0 Å². The van der Waals surface area contributed by atoms with Crippen molar-refractivity contribution in [1.29, 1.82) is 0 Å². The van der Waals surface area contributed by atoms with E-state index in [4.69, 9.17) is 16.2 Å². The zero-order valence-electron chi connectivity index (χ0n) is 12.3. The highest BCUT2D eigenvalue weighted by Crippen LogP contribution is 2.22. The predicted molar refractivity (Wildman–Crippen MR) is 72.6 cm³/mol. The summed E-state index contributed by atoms with van der Waals surface area (Å²) in [5, 5.41) is 0. The first-order valence-corrected chi connectivity index (χ1v) is 6.25. The number of primary amides is 1. The fraction of sp³-hybridized carbons (Fsp3) is 0.923. The molecule has 4 heteroatoms. The molecule has 0 saturated carbocycles. The quantitative estimate of drug-likeness (QED) is 0.720. The molecule has 104 valence electrons. The van der Waals surface area contributed by atoms with Crippen molar-refractivity contribution in [3.63, 3.8) is 0 Å². The molecular weight excluding hydrogens is 216 g/mol. The molecule has 0 spiro atoms. The number of hydrogen-bond acceptors (Lipinski definition) is 3. The maximum atomic E-state index is 10.8. The van der Waals surface area contributed by atoms with Crippen LogP contribution in [0, 0.1) is 10.8 Å². The second-order valence-corrected chi connectivity index (χ2v) is 5.67. The van der Waals surface area contributed by atoms with E-state index >= 15 is 0 Å². The number of nitrogens with two attached hydrogens (primary N) is 2. The maximum Gasteiger partial charge on any atom is 0.218 e. The van der Waals surface area contributed by atoms with Crippen LogP contribution in [-0.2, 0) is 9.53 Å². The van der Waals surface area contributed by atoms with Gasteiger partial charge in [-0.1, -0.05) is 41.5 Å². The number of carbonyl (C=O) groups is 1. The summed E-state index contributed by atoms with van der Waals surface area (Å²) >= 11 is 0. The summed E-state index contributed by atoms with van der Waals surface area (Å²) in [6, 6.07) is 0. The van der Waals surface area contributed by atoms with Crippen molar-refractivity contribution in [3.05, 3.63) is 0 Å². The number of hydrogen-bond donors (Lipinski definition) is 2. The van der Waals surface area contributed by atoms with E-state index < -0.39 is 0 Å². The average molecular weight is 246 g/mol. The van der Waals surface area contributed by atoms with E-state index in [0.29, 0.717) is 26.2 Å². The Morgan fingerprint density at radius 1 is 1.06 bits per heavy atom. The third-order valence-electron chi connectivity index (χ3n) is 2.19. The number of rotatable bonds is 7. The second-order valence-electron chi connectivity index (χ2n) is 5.67. The summed E-state index contributed by atoms with van der Waals surface area (Å²) in [5.41, 5.74) is 10.5. The molecule has 0 rings (SSSR count). The number of ether oxygens (including phenoxy) is 1. The van der Waals surface area contributed by atoms with Gasteiger partial charge in [0, 0.05) is 11.8 Å². The maximum absolute atomic E-state index is 10.8. The van der Waals surface area contributed by atoms with Crippen LogP contribution in [0.25, 0.3) is 0 Å². The van der Waals surface area contributed by atoms with E-state index in [0.717, 1.165) is 0 Å². The summed E-state index contributed by atoms with van der Waals surface area (Å²) in [4.78, 5) is 10.8. The van der Waals surface area contributed by atoms with Crippen LogP contribution in [0.2, 0.25) is 0 Å². The van der Waals surface area contributed by atoms with Crippen molar-refractivity contribution >= 4 is 5.91 Å². The van der Waals surface area contributed by atoms with Crippen LogP contribution in [0.3, 0.4) is 0 Å². The molecule has 0 bridgehead atoms. The number of amides is 1. The van der Waals surface area contributed by atoms with Gasteiger partial charge in [-0.2, -0.15) is 0 Å². The van der Waals surface area contributed by atoms with E-state index in [1.807, 2.05) is 41.5 Å². The Hall–Kier alpha value is -0.610. The average Bonchev–Trinajstić information content (AvgIpc) is 2.18. The molecule has 0 radical (unpaired) electrons. The molecule has 0 saturated heterocycles. The van der Waals surface area contributed by atoms with Crippen molar-refractivity contribution in [2.45, 2.75) is 48.0 Å². The molecule has 0 aromatic rings. The second kappa shape index (κ2) is 8.48. The van der Waals surface area contributed by atoms with Gasteiger partial charge in [-0.25, -0.2) is 0 Å². The zero-order valence-corrected chi connectivity index (χ0v) is 12.3. The van der Waals surface area contributed by atoms with Gasteiger partial charge in [0.15, 0.2) is 0 Å². The largest absolute Gasteiger partial charge is 0.380 e. The van der Waals surface area contributed by atoms with Gasteiger partial charge in [0.1, 0.15) is 0 Å². The Morgan fingerprint density at radius 2 is 1.47 bits per heavy atom. The zero-order chi connectivity index (χ0) is 14.1. The lowest BCUT2D eigenvalue weighted by atomic mass is 9.90. The molecule has 0 fully saturated rings. The van der Waals surface area contributed by atoms with Gasteiger partial charge in [-0.05, 0) is 12.0 Å². The number of carbonyl (C=O) groups excluding carboxylic acids is 1. The third-order valence-corrected chi connectivity index (χ3v) is 2.19. The van der Waals surface area contributed by atoms with Crippen molar-refractivity contribution in [2.24, 2.45) is 22.3 Å². The molecule has 0 aromatic carbocycles. The van der Waals surface area contributed by atoms with Gasteiger partial charge in [-0.15, -0.1) is 0 Å². The summed E-state index contributed by atoms with van der Waals surface area (Å²) in [6.07, 6.45) is 0.343. The van der Waals surface area contributed by atoms with E-state index in [2.05, 4.69) is 0 Å². The molecule has 0 aliphatic heterocycles. The summed E-state index contributed by atoms with van der Waals surface area (Å²) in [7, 11) is 0. The minimum Gasteiger partial charge on any atom is -0.380 e. The van der Waals surface area contributed by atoms with Gasteiger partial charge in [0.2, 0.25) is 5.91 Å². The van der Waals surface area contributed by atoms with Crippen LogP contribution < -0.4 is 11.5 Å². The Morgan fingerprint density at radius 3 is 1.82 bits per heavy atom. The lowest BCUT2D eigenvalue weighted by Crippen LogP contribution is -2.32. The molecule has 4 nitrogen and oxygen atoms in total. The highest BCUT2D eigenvalue weighted by molar-refractivity contribution is 5.74. The molecule has 0 aliphatic rings. The van der Waals surface area contributed by atoms with Crippen molar-refractivity contribution in [1.82, 2.24) is 0 Å². The van der Waals surface area contributed by atoms with Crippen LogP contribution in [-0.4, -0.2) is 25.7 Å². The Bertz CT molecular complexity index is 213. The van der Waals surface area contributed by atoms with Crippen LogP contribution in [0.15, 0.2) is 0 Å². The summed E-state index contributed by atoms with van der Waals surface area (Å²) in [5.74, 6) is -0.290. The molecule has 0 unspecified atom stereocenters. The Kier molecular flexibility index (Phi) is 9.35. The first-order chi connectivity index (χ1) is 7.68. The smallest absolute Gasteiger partial charge is 0.218 e. The van der Waals surface area contributed by atoms with Crippen LogP contribution in [0.4, 0.5) is 0 Å². The molecule has 17 heavy (non-hydrogen) atoms. The van der Waals surface area contributed by atoms with E-state index in [9.17, 15) is 4.79 Å². The van der Waals surface area contributed by atoms with Crippen LogP contribution >= 0.6 is 0 Å².